The third-order valence-corrected chi connectivity index (χ3v) is 4.83. The summed E-state index contributed by atoms with van der Waals surface area (Å²) in [5, 5.41) is 8.76. The van der Waals surface area contributed by atoms with Crippen LogP contribution in [0.4, 0.5) is 0 Å². The Morgan fingerprint density at radius 1 is 1.44 bits per heavy atom. The van der Waals surface area contributed by atoms with Crippen LogP contribution >= 0.6 is 11.6 Å². The standard InChI is InChI=1S/C12H15ClN2O2S/c1-4-12(2,3)15-18(16,17)11-6-5-9(8-14)7-10(11)13/h5-7,15H,4H2,1-3H3. The second kappa shape index (κ2) is 5.27. The number of nitriles is 1. The van der Waals surface area contributed by atoms with Crippen LogP contribution in [-0.2, 0) is 10.0 Å². The van der Waals surface area contributed by atoms with E-state index in [-0.39, 0.29) is 9.92 Å². The van der Waals surface area contributed by atoms with Crippen LogP contribution in [0, 0.1) is 11.3 Å². The number of nitrogens with one attached hydrogen (secondary N) is 1. The van der Waals surface area contributed by atoms with Gasteiger partial charge < -0.3 is 0 Å². The lowest BCUT2D eigenvalue weighted by atomic mass is 10.0. The van der Waals surface area contributed by atoms with Gasteiger partial charge in [-0.15, -0.1) is 0 Å². The monoisotopic (exact) mass is 286 g/mol. The minimum Gasteiger partial charge on any atom is -0.207 e. The van der Waals surface area contributed by atoms with Crippen molar-refractivity contribution in [3.8, 4) is 6.07 Å². The maximum absolute atomic E-state index is 12.1. The molecule has 0 aromatic heterocycles. The minimum atomic E-state index is -3.68. The van der Waals surface area contributed by atoms with Crippen molar-refractivity contribution in [2.45, 2.75) is 37.6 Å². The average Bonchev–Trinajstić information content (AvgIpc) is 2.27. The number of hydrogen-bond acceptors (Lipinski definition) is 3. The van der Waals surface area contributed by atoms with E-state index in [1.807, 2.05) is 13.0 Å². The fraction of sp³-hybridized carbons (Fsp3) is 0.417. The van der Waals surface area contributed by atoms with E-state index in [9.17, 15) is 8.42 Å². The maximum Gasteiger partial charge on any atom is 0.242 e. The molecule has 0 atom stereocenters. The summed E-state index contributed by atoms with van der Waals surface area (Å²) < 4.78 is 26.9. The molecule has 0 aliphatic rings. The summed E-state index contributed by atoms with van der Waals surface area (Å²) in [4.78, 5) is -0.00954. The van der Waals surface area contributed by atoms with Gasteiger partial charge in [-0.1, -0.05) is 18.5 Å². The average molecular weight is 287 g/mol. The molecule has 1 aromatic carbocycles. The summed E-state index contributed by atoms with van der Waals surface area (Å²) in [5.41, 5.74) is -0.218. The third-order valence-electron chi connectivity index (χ3n) is 2.65. The molecular weight excluding hydrogens is 272 g/mol. The molecule has 98 valence electrons. The number of nitrogens with zero attached hydrogens (tertiary/aromatic N) is 1. The molecule has 0 saturated heterocycles. The molecule has 1 rings (SSSR count). The maximum atomic E-state index is 12.1. The first-order chi connectivity index (χ1) is 8.22. The molecule has 6 heteroatoms. The molecule has 0 spiro atoms. The van der Waals surface area contributed by atoms with Gasteiger partial charge in [0, 0.05) is 5.54 Å². The quantitative estimate of drug-likeness (QED) is 0.925. The van der Waals surface area contributed by atoms with Gasteiger partial charge in [-0.2, -0.15) is 5.26 Å². The zero-order chi connectivity index (χ0) is 14.0. The Morgan fingerprint density at radius 2 is 2.06 bits per heavy atom. The van der Waals surface area contributed by atoms with Gasteiger partial charge >= 0.3 is 0 Å². The molecule has 18 heavy (non-hydrogen) atoms. The zero-order valence-corrected chi connectivity index (χ0v) is 12.1. The van der Waals surface area contributed by atoms with E-state index in [1.54, 1.807) is 13.8 Å². The van der Waals surface area contributed by atoms with Crippen molar-refractivity contribution in [2.24, 2.45) is 0 Å². The molecule has 0 amide bonds. The summed E-state index contributed by atoms with van der Waals surface area (Å²) in [7, 11) is -3.68. The summed E-state index contributed by atoms with van der Waals surface area (Å²) in [6.45, 7) is 5.48. The third kappa shape index (κ3) is 3.45. The van der Waals surface area contributed by atoms with Gasteiger partial charge in [0.2, 0.25) is 10.0 Å². The highest BCUT2D eigenvalue weighted by molar-refractivity contribution is 7.89. The second-order valence-electron chi connectivity index (χ2n) is 4.60. The van der Waals surface area contributed by atoms with E-state index in [4.69, 9.17) is 16.9 Å². The number of rotatable bonds is 4. The van der Waals surface area contributed by atoms with Crippen LogP contribution in [-0.4, -0.2) is 14.0 Å². The minimum absolute atomic E-state index is 0.00954. The predicted molar refractivity (Wildman–Crippen MR) is 70.9 cm³/mol. The Bertz CT molecular complexity index is 589. The van der Waals surface area contributed by atoms with Gasteiger partial charge in [-0.25, -0.2) is 13.1 Å². The predicted octanol–water partition coefficient (Wildman–Crippen LogP) is 2.68. The van der Waals surface area contributed by atoms with Gasteiger partial charge in [0.1, 0.15) is 4.90 Å². The molecule has 0 bridgehead atoms. The first-order valence-corrected chi connectivity index (χ1v) is 7.31. The van der Waals surface area contributed by atoms with Gasteiger partial charge in [0.15, 0.2) is 0 Å². The van der Waals surface area contributed by atoms with Crippen LogP contribution in [0.5, 0.6) is 0 Å². The zero-order valence-electron chi connectivity index (χ0n) is 10.5. The van der Waals surface area contributed by atoms with Gasteiger partial charge in [-0.3, -0.25) is 0 Å². The van der Waals surface area contributed by atoms with E-state index in [0.717, 1.165) is 0 Å². The molecular formula is C12H15ClN2O2S. The van der Waals surface area contributed by atoms with Crippen LogP contribution < -0.4 is 4.72 Å². The molecule has 1 N–H and O–H groups in total. The number of benzene rings is 1. The highest BCUT2D eigenvalue weighted by atomic mass is 35.5. The molecule has 1 aromatic rings. The van der Waals surface area contributed by atoms with E-state index in [1.165, 1.54) is 18.2 Å². The molecule has 0 aliphatic carbocycles. The number of halogens is 1. The Balaban J connectivity index is 3.19. The highest BCUT2D eigenvalue weighted by Crippen LogP contribution is 2.24. The van der Waals surface area contributed by atoms with Crippen LogP contribution in [0.3, 0.4) is 0 Å². The second-order valence-corrected chi connectivity index (χ2v) is 6.66. The van der Waals surface area contributed by atoms with E-state index < -0.39 is 15.6 Å². The van der Waals surface area contributed by atoms with Crippen molar-refractivity contribution in [1.82, 2.24) is 4.72 Å². The van der Waals surface area contributed by atoms with E-state index in [0.29, 0.717) is 12.0 Å². The van der Waals surface area contributed by atoms with Gasteiger partial charge in [-0.05, 0) is 38.5 Å². The van der Waals surface area contributed by atoms with Crippen molar-refractivity contribution in [2.75, 3.05) is 0 Å². The Hall–Kier alpha value is -1.09. The Labute approximate surface area is 113 Å². The first-order valence-electron chi connectivity index (χ1n) is 5.45. The molecule has 4 nitrogen and oxygen atoms in total. The first kappa shape index (κ1) is 15.0. The van der Waals surface area contributed by atoms with Gasteiger partial charge in [0.05, 0.1) is 16.7 Å². The molecule has 0 fully saturated rings. The van der Waals surface area contributed by atoms with Crippen molar-refractivity contribution < 1.29 is 8.42 Å². The topological polar surface area (TPSA) is 70.0 Å². The SMILES string of the molecule is CCC(C)(C)NS(=O)(=O)c1ccc(C#N)cc1Cl. The molecule has 0 unspecified atom stereocenters. The van der Waals surface area contributed by atoms with E-state index >= 15 is 0 Å². The smallest absolute Gasteiger partial charge is 0.207 e. The fourth-order valence-electron chi connectivity index (χ4n) is 1.28. The van der Waals surface area contributed by atoms with Crippen LogP contribution in [0.25, 0.3) is 0 Å². The lowest BCUT2D eigenvalue weighted by Crippen LogP contribution is -2.42. The molecule has 0 heterocycles. The number of sulfonamides is 1. The lowest BCUT2D eigenvalue weighted by molar-refractivity contribution is 0.439. The molecule has 0 saturated carbocycles. The normalized spacial score (nSPS) is 12.2. The van der Waals surface area contributed by atoms with Crippen molar-refractivity contribution in [3.63, 3.8) is 0 Å². The number of hydrogen-bond donors (Lipinski definition) is 1. The van der Waals surface area contributed by atoms with Crippen molar-refractivity contribution in [1.29, 1.82) is 5.26 Å². The summed E-state index contributed by atoms with van der Waals surface area (Å²) in [6, 6.07) is 6.02. The largest absolute Gasteiger partial charge is 0.242 e. The van der Waals surface area contributed by atoms with Crippen LogP contribution in [0.15, 0.2) is 23.1 Å². The van der Waals surface area contributed by atoms with Crippen LogP contribution in [0.2, 0.25) is 5.02 Å². The Kier molecular flexibility index (Phi) is 4.38. The lowest BCUT2D eigenvalue weighted by Gasteiger charge is -2.24. The van der Waals surface area contributed by atoms with Crippen molar-refractivity contribution >= 4 is 21.6 Å². The van der Waals surface area contributed by atoms with Crippen molar-refractivity contribution in [3.05, 3.63) is 28.8 Å². The Morgan fingerprint density at radius 3 is 2.50 bits per heavy atom. The summed E-state index contributed by atoms with van der Waals surface area (Å²) in [5.74, 6) is 0. The van der Waals surface area contributed by atoms with Gasteiger partial charge in [0.25, 0.3) is 0 Å². The molecule has 0 radical (unpaired) electrons. The van der Waals surface area contributed by atoms with Crippen LogP contribution in [0.1, 0.15) is 32.8 Å². The summed E-state index contributed by atoms with van der Waals surface area (Å²) in [6.07, 6.45) is 0.653. The summed E-state index contributed by atoms with van der Waals surface area (Å²) >= 11 is 5.89. The van der Waals surface area contributed by atoms with E-state index in [2.05, 4.69) is 4.72 Å². The molecule has 0 aliphatic heterocycles. The fourth-order valence-corrected chi connectivity index (χ4v) is 3.31. The highest BCUT2D eigenvalue weighted by Gasteiger charge is 2.26.